The highest BCUT2D eigenvalue weighted by Crippen LogP contribution is 2.21. The first-order valence-electron chi connectivity index (χ1n) is 6.16. The highest BCUT2D eigenvalue weighted by atomic mass is 32.2. The van der Waals surface area contributed by atoms with Gasteiger partial charge in [0.15, 0.2) is 0 Å². The summed E-state index contributed by atoms with van der Waals surface area (Å²) in [5.41, 5.74) is 10.1. The van der Waals surface area contributed by atoms with Crippen molar-refractivity contribution in [2.75, 3.05) is 12.0 Å². The van der Waals surface area contributed by atoms with E-state index in [2.05, 4.69) is 16.0 Å². The molecule has 3 N–H and O–H groups in total. The lowest BCUT2D eigenvalue weighted by molar-refractivity contribution is 0.588. The first-order chi connectivity index (χ1) is 8.76. The number of nitrogens with zero attached hydrogens (tertiary/aromatic N) is 1. The van der Waals surface area contributed by atoms with Gasteiger partial charge < -0.3 is 10.7 Å². The first kappa shape index (κ1) is 14.0. The van der Waals surface area contributed by atoms with Crippen LogP contribution in [0.2, 0.25) is 0 Å². The van der Waals surface area contributed by atoms with Crippen LogP contribution in [0.4, 0.5) is 0 Å². The van der Waals surface area contributed by atoms with E-state index in [-0.39, 0.29) is 11.8 Å². The molecule has 0 radical (unpaired) electrons. The molecule has 1 aromatic carbocycles. The Morgan fingerprint density at radius 2 is 2.05 bits per heavy atom. The van der Waals surface area contributed by atoms with Gasteiger partial charge >= 0.3 is 0 Å². The lowest BCUT2D eigenvalue weighted by Crippen LogP contribution is -2.16. The van der Waals surface area contributed by atoms with Gasteiger partial charge in [0, 0.05) is 6.26 Å². The Morgan fingerprint density at radius 3 is 2.68 bits per heavy atom. The predicted molar refractivity (Wildman–Crippen MR) is 76.8 cm³/mol. The van der Waals surface area contributed by atoms with Gasteiger partial charge in [-0.15, -0.1) is 0 Å². The van der Waals surface area contributed by atoms with Crippen LogP contribution in [0.15, 0.2) is 12.1 Å². The molecule has 1 heterocycles. The van der Waals surface area contributed by atoms with E-state index in [0.717, 1.165) is 22.2 Å². The molecule has 1 atom stereocenters. The lowest BCUT2D eigenvalue weighted by Gasteiger charge is -2.06. The number of nitrogens with two attached hydrogens (primary N) is 1. The number of hydrogen-bond acceptors (Lipinski definition) is 4. The Bertz CT molecular complexity index is 704. The number of H-pyrrole nitrogens is 1. The molecule has 0 amide bonds. The SMILES string of the molecule is Cc1cc(C)c2nc(C(N)CCS(C)(=O)=O)[nH]c2c1. The third kappa shape index (κ3) is 3.33. The van der Waals surface area contributed by atoms with Gasteiger partial charge in [-0.25, -0.2) is 13.4 Å². The molecule has 5 nitrogen and oxygen atoms in total. The van der Waals surface area contributed by atoms with Crippen LogP contribution in [-0.4, -0.2) is 30.4 Å². The minimum Gasteiger partial charge on any atom is -0.341 e. The zero-order valence-corrected chi connectivity index (χ0v) is 12.2. The van der Waals surface area contributed by atoms with E-state index in [9.17, 15) is 8.42 Å². The molecule has 1 aromatic heterocycles. The average Bonchev–Trinajstić information content (AvgIpc) is 2.68. The molecule has 2 aromatic rings. The Labute approximate surface area is 113 Å². The highest BCUT2D eigenvalue weighted by molar-refractivity contribution is 7.90. The first-order valence-corrected chi connectivity index (χ1v) is 8.22. The molecule has 0 saturated heterocycles. The van der Waals surface area contributed by atoms with Gasteiger partial charge in [0.1, 0.15) is 15.7 Å². The number of imidazole rings is 1. The molecule has 0 spiro atoms. The molecule has 1 unspecified atom stereocenters. The maximum Gasteiger partial charge on any atom is 0.147 e. The van der Waals surface area contributed by atoms with E-state index in [1.165, 1.54) is 6.26 Å². The molecular weight excluding hydrogens is 262 g/mol. The van der Waals surface area contributed by atoms with E-state index < -0.39 is 9.84 Å². The third-order valence-corrected chi connectivity index (χ3v) is 4.07. The van der Waals surface area contributed by atoms with E-state index >= 15 is 0 Å². The second-order valence-corrected chi connectivity index (χ2v) is 7.38. The molecule has 0 saturated carbocycles. The summed E-state index contributed by atoms with van der Waals surface area (Å²) in [6.45, 7) is 4.03. The second-order valence-electron chi connectivity index (χ2n) is 5.13. The van der Waals surface area contributed by atoms with Crippen molar-refractivity contribution in [1.82, 2.24) is 9.97 Å². The quantitative estimate of drug-likeness (QED) is 0.891. The number of aryl methyl sites for hydroxylation is 2. The molecular formula is C13H19N3O2S. The zero-order chi connectivity index (χ0) is 14.2. The fourth-order valence-electron chi connectivity index (χ4n) is 2.14. The van der Waals surface area contributed by atoms with Crippen LogP contribution in [0.25, 0.3) is 11.0 Å². The minimum atomic E-state index is -2.99. The maximum atomic E-state index is 11.2. The summed E-state index contributed by atoms with van der Waals surface area (Å²) < 4.78 is 22.3. The number of aromatic nitrogens is 2. The fraction of sp³-hybridized carbons (Fsp3) is 0.462. The van der Waals surface area contributed by atoms with Gasteiger partial charge in [-0.05, 0) is 37.5 Å². The summed E-state index contributed by atoms with van der Waals surface area (Å²) in [5.74, 6) is 0.718. The summed E-state index contributed by atoms with van der Waals surface area (Å²) in [6.07, 6.45) is 1.59. The molecule has 19 heavy (non-hydrogen) atoms. The lowest BCUT2D eigenvalue weighted by atomic mass is 10.1. The zero-order valence-electron chi connectivity index (χ0n) is 11.4. The summed E-state index contributed by atoms with van der Waals surface area (Å²) in [4.78, 5) is 7.66. The molecule has 0 aliphatic carbocycles. The van der Waals surface area contributed by atoms with Gasteiger partial charge in [0.2, 0.25) is 0 Å². The van der Waals surface area contributed by atoms with Crippen molar-refractivity contribution in [2.45, 2.75) is 26.3 Å². The number of aromatic amines is 1. The fourth-order valence-corrected chi connectivity index (χ4v) is 2.83. The Kier molecular flexibility index (Phi) is 3.64. The van der Waals surface area contributed by atoms with Gasteiger partial charge in [-0.3, -0.25) is 0 Å². The number of benzene rings is 1. The Hall–Kier alpha value is -1.40. The largest absolute Gasteiger partial charge is 0.341 e. The van der Waals surface area contributed by atoms with Gasteiger partial charge in [0.25, 0.3) is 0 Å². The van der Waals surface area contributed by atoms with Crippen molar-refractivity contribution in [2.24, 2.45) is 5.73 Å². The van der Waals surface area contributed by atoms with Crippen LogP contribution >= 0.6 is 0 Å². The normalized spacial score (nSPS) is 13.9. The van der Waals surface area contributed by atoms with Crippen LogP contribution < -0.4 is 5.73 Å². The highest BCUT2D eigenvalue weighted by Gasteiger charge is 2.15. The van der Waals surface area contributed by atoms with Crippen molar-refractivity contribution in [1.29, 1.82) is 0 Å². The van der Waals surface area contributed by atoms with E-state index in [4.69, 9.17) is 5.73 Å². The second kappa shape index (κ2) is 4.94. The average molecular weight is 281 g/mol. The maximum absolute atomic E-state index is 11.2. The van der Waals surface area contributed by atoms with Crippen molar-refractivity contribution in [3.63, 3.8) is 0 Å². The van der Waals surface area contributed by atoms with Crippen molar-refractivity contribution in [3.05, 3.63) is 29.1 Å². The van der Waals surface area contributed by atoms with Gasteiger partial charge in [-0.2, -0.15) is 0 Å². The van der Waals surface area contributed by atoms with Crippen LogP contribution in [-0.2, 0) is 9.84 Å². The monoisotopic (exact) mass is 281 g/mol. The van der Waals surface area contributed by atoms with Crippen molar-refractivity contribution < 1.29 is 8.42 Å². The van der Waals surface area contributed by atoms with Crippen molar-refractivity contribution in [3.8, 4) is 0 Å². The standard InChI is InChI=1S/C13H19N3O2S/c1-8-6-9(2)12-11(7-8)15-13(16-12)10(14)4-5-19(3,17)18/h6-7,10H,4-5,14H2,1-3H3,(H,15,16). The number of hydrogen-bond donors (Lipinski definition) is 2. The number of nitrogens with one attached hydrogen (secondary N) is 1. The van der Waals surface area contributed by atoms with Gasteiger partial charge in [-0.1, -0.05) is 6.07 Å². The minimum absolute atomic E-state index is 0.0726. The van der Waals surface area contributed by atoms with Crippen LogP contribution in [0.1, 0.15) is 29.4 Å². The molecule has 0 fully saturated rings. The number of sulfone groups is 1. The molecule has 0 aliphatic heterocycles. The predicted octanol–water partition coefficient (Wildman–Crippen LogP) is 1.61. The van der Waals surface area contributed by atoms with E-state index in [0.29, 0.717) is 12.2 Å². The van der Waals surface area contributed by atoms with Gasteiger partial charge in [0.05, 0.1) is 22.8 Å². The molecule has 0 bridgehead atoms. The van der Waals surface area contributed by atoms with E-state index in [1.54, 1.807) is 0 Å². The Balaban J connectivity index is 2.28. The van der Waals surface area contributed by atoms with Crippen LogP contribution in [0.3, 0.4) is 0 Å². The topological polar surface area (TPSA) is 88.8 Å². The number of rotatable bonds is 4. The smallest absolute Gasteiger partial charge is 0.147 e. The summed E-state index contributed by atoms with van der Waals surface area (Å²) in [5, 5.41) is 0. The third-order valence-electron chi connectivity index (χ3n) is 3.09. The summed E-state index contributed by atoms with van der Waals surface area (Å²) in [6, 6.07) is 3.69. The van der Waals surface area contributed by atoms with E-state index in [1.807, 2.05) is 19.9 Å². The van der Waals surface area contributed by atoms with Crippen LogP contribution in [0, 0.1) is 13.8 Å². The summed E-state index contributed by atoms with van der Waals surface area (Å²) in [7, 11) is -2.99. The van der Waals surface area contributed by atoms with Crippen molar-refractivity contribution >= 4 is 20.9 Å². The molecule has 0 aliphatic rings. The number of fused-ring (bicyclic) bond motifs is 1. The molecule has 2 rings (SSSR count). The molecule has 6 heteroatoms. The van der Waals surface area contributed by atoms with Crippen LogP contribution in [0.5, 0.6) is 0 Å². The summed E-state index contributed by atoms with van der Waals surface area (Å²) >= 11 is 0. The Morgan fingerprint density at radius 1 is 1.37 bits per heavy atom. The molecule has 104 valence electrons.